The third-order valence-electron chi connectivity index (χ3n) is 4.46. The fourth-order valence-electron chi connectivity index (χ4n) is 2.88. The summed E-state index contributed by atoms with van der Waals surface area (Å²) >= 11 is 3.54. The van der Waals surface area contributed by atoms with Gasteiger partial charge >= 0.3 is 0 Å². The average molecular weight is 393 g/mol. The van der Waals surface area contributed by atoms with Crippen molar-refractivity contribution in [2.75, 3.05) is 18.5 Å². The van der Waals surface area contributed by atoms with Gasteiger partial charge in [0.25, 0.3) is 0 Å². The first-order valence-electron chi connectivity index (χ1n) is 10.1. The summed E-state index contributed by atoms with van der Waals surface area (Å²) in [5, 5.41) is 9.68. The maximum Gasteiger partial charge on any atom is 0.0671 e. The summed E-state index contributed by atoms with van der Waals surface area (Å²) < 4.78 is 5.84. The first kappa shape index (κ1) is 23.4. The molecule has 1 N–H and O–H groups in total. The van der Waals surface area contributed by atoms with Crippen molar-refractivity contribution in [3.8, 4) is 0 Å². The second-order valence-electron chi connectivity index (χ2n) is 6.76. The lowest BCUT2D eigenvalue weighted by Crippen LogP contribution is -2.15. The molecule has 0 rings (SSSR count). The zero-order chi connectivity index (χ0) is 17.0. The number of aliphatic hydroxyl groups is 1. The Bertz CT molecular complexity index is 212. The van der Waals surface area contributed by atoms with Crippen LogP contribution in [0, 0.1) is 0 Å². The van der Waals surface area contributed by atoms with Gasteiger partial charge < -0.3 is 9.84 Å². The van der Waals surface area contributed by atoms with Crippen LogP contribution in [0.1, 0.15) is 103 Å². The summed E-state index contributed by atoms with van der Waals surface area (Å²) in [7, 11) is 0. The van der Waals surface area contributed by atoms with Crippen molar-refractivity contribution in [2.24, 2.45) is 0 Å². The van der Waals surface area contributed by atoms with E-state index in [0.717, 1.165) is 24.8 Å². The highest BCUT2D eigenvalue weighted by molar-refractivity contribution is 9.09. The highest BCUT2D eigenvalue weighted by Gasteiger charge is 2.06. The van der Waals surface area contributed by atoms with Crippen LogP contribution in [0.15, 0.2) is 0 Å². The molecule has 0 aromatic rings. The lowest BCUT2D eigenvalue weighted by molar-refractivity contribution is 0.0576. The van der Waals surface area contributed by atoms with Crippen molar-refractivity contribution in [3.63, 3.8) is 0 Å². The van der Waals surface area contributed by atoms with Crippen LogP contribution in [-0.4, -0.2) is 29.8 Å². The lowest BCUT2D eigenvalue weighted by atomic mass is 10.0. The normalized spacial score (nSPS) is 12.7. The Morgan fingerprint density at radius 3 is 1.74 bits per heavy atom. The van der Waals surface area contributed by atoms with Crippen molar-refractivity contribution in [1.29, 1.82) is 0 Å². The Morgan fingerprint density at radius 1 is 0.739 bits per heavy atom. The molecule has 1 unspecified atom stereocenters. The summed E-state index contributed by atoms with van der Waals surface area (Å²) in [5.74, 6) is 0. The SMILES string of the molecule is CCCCCCCCCCCCCCC(CBr)OCCCCO. The third kappa shape index (κ3) is 18.6. The number of halogens is 1. The molecule has 0 aliphatic carbocycles. The van der Waals surface area contributed by atoms with Gasteiger partial charge in [0.05, 0.1) is 6.10 Å². The van der Waals surface area contributed by atoms with Crippen LogP contribution in [0.2, 0.25) is 0 Å². The van der Waals surface area contributed by atoms with E-state index >= 15 is 0 Å². The van der Waals surface area contributed by atoms with Gasteiger partial charge in [-0.15, -0.1) is 0 Å². The second kappa shape index (κ2) is 20.4. The van der Waals surface area contributed by atoms with E-state index in [1.54, 1.807) is 0 Å². The monoisotopic (exact) mass is 392 g/mol. The van der Waals surface area contributed by atoms with E-state index < -0.39 is 0 Å². The average Bonchev–Trinajstić information content (AvgIpc) is 2.57. The number of hydrogen-bond donors (Lipinski definition) is 1. The smallest absolute Gasteiger partial charge is 0.0671 e. The molecule has 0 aliphatic rings. The minimum Gasteiger partial charge on any atom is -0.396 e. The molecular formula is C20H41BrO2. The molecule has 0 radical (unpaired) electrons. The summed E-state index contributed by atoms with van der Waals surface area (Å²) in [6.45, 7) is 3.35. The Balaban J connectivity index is 3.21. The van der Waals surface area contributed by atoms with E-state index in [-0.39, 0.29) is 6.61 Å². The predicted octanol–water partition coefficient (Wildman–Crippen LogP) is 6.63. The van der Waals surface area contributed by atoms with Gasteiger partial charge in [-0.1, -0.05) is 99.9 Å². The maximum atomic E-state index is 8.75. The Labute approximate surface area is 153 Å². The van der Waals surface area contributed by atoms with Crippen molar-refractivity contribution in [3.05, 3.63) is 0 Å². The van der Waals surface area contributed by atoms with E-state index in [1.165, 1.54) is 83.5 Å². The molecule has 23 heavy (non-hydrogen) atoms. The molecule has 0 fully saturated rings. The Hall–Kier alpha value is 0.400. The van der Waals surface area contributed by atoms with Crippen molar-refractivity contribution in [2.45, 2.75) is 109 Å². The van der Waals surface area contributed by atoms with Crippen LogP contribution in [0.4, 0.5) is 0 Å². The van der Waals surface area contributed by atoms with Crippen LogP contribution < -0.4 is 0 Å². The van der Waals surface area contributed by atoms with E-state index in [2.05, 4.69) is 22.9 Å². The summed E-state index contributed by atoms with van der Waals surface area (Å²) in [6.07, 6.45) is 20.2. The number of aliphatic hydroxyl groups excluding tert-OH is 1. The zero-order valence-electron chi connectivity index (χ0n) is 15.5. The first-order valence-corrected chi connectivity index (χ1v) is 11.3. The summed E-state index contributed by atoms with van der Waals surface area (Å²) in [4.78, 5) is 0. The van der Waals surface area contributed by atoms with Gasteiger partial charge in [-0.25, -0.2) is 0 Å². The molecule has 0 aliphatic heterocycles. The number of unbranched alkanes of at least 4 members (excludes halogenated alkanes) is 12. The van der Waals surface area contributed by atoms with Gasteiger partial charge in [-0.05, 0) is 19.3 Å². The van der Waals surface area contributed by atoms with Crippen molar-refractivity contribution < 1.29 is 9.84 Å². The number of hydrogen-bond acceptors (Lipinski definition) is 2. The molecule has 140 valence electrons. The molecule has 0 saturated carbocycles. The predicted molar refractivity (Wildman–Crippen MR) is 106 cm³/mol. The lowest BCUT2D eigenvalue weighted by Gasteiger charge is -2.15. The zero-order valence-corrected chi connectivity index (χ0v) is 17.1. The molecule has 1 atom stereocenters. The van der Waals surface area contributed by atoms with Gasteiger partial charge in [0.1, 0.15) is 0 Å². The molecule has 3 heteroatoms. The number of alkyl halides is 1. The topological polar surface area (TPSA) is 29.5 Å². The van der Waals surface area contributed by atoms with Crippen LogP contribution in [0.5, 0.6) is 0 Å². The molecule has 0 aromatic carbocycles. The molecule has 0 spiro atoms. The largest absolute Gasteiger partial charge is 0.396 e. The van der Waals surface area contributed by atoms with E-state index in [9.17, 15) is 0 Å². The van der Waals surface area contributed by atoms with Crippen molar-refractivity contribution >= 4 is 15.9 Å². The minimum absolute atomic E-state index is 0.279. The molecule has 0 amide bonds. The molecule has 0 heterocycles. The molecular weight excluding hydrogens is 352 g/mol. The molecule has 0 aromatic heterocycles. The second-order valence-corrected chi connectivity index (χ2v) is 7.40. The van der Waals surface area contributed by atoms with Gasteiger partial charge in [-0.2, -0.15) is 0 Å². The van der Waals surface area contributed by atoms with Crippen molar-refractivity contribution in [1.82, 2.24) is 0 Å². The van der Waals surface area contributed by atoms with Gasteiger partial charge in [-0.3, -0.25) is 0 Å². The standard InChI is InChI=1S/C20H41BrO2/c1-2-3-4-5-6-7-8-9-10-11-12-13-16-20(19-21)23-18-15-14-17-22/h20,22H,2-19H2,1H3. The highest BCUT2D eigenvalue weighted by Crippen LogP contribution is 2.14. The van der Waals surface area contributed by atoms with E-state index in [1.807, 2.05) is 0 Å². The molecule has 0 saturated heterocycles. The van der Waals surface area contributed by atoms with Gasteiger partial charge in [0.15, 0.2) is 0 Å². The quantitative estimate of drug-likeness (QED) is 0.197. The van der Waals surface area contributed by atoms with E-state index in [0.29, 0.717) is 6.10 Å². The fraction of sp³-hybridized carbons (Fsp3) is 1.00. The van der Waals surface area contributed by atoms with Crippen LogP contribution in [-0.2, 0) is 4.74 Å². The third-order valence-corrected chi connectivity index (χ3v) is 5.18. The minimum atomic E-state index is 0.279. The van der Waals surface area contributed by atoms with E-state index in [4.69, 9.17) is 9.84 Å². The van der Waals surface area contributed by atoms with Crippen LogP contribution in [0.25, 0.3) is 0 Å². The Kier molecular flexibility index (Phi) is 20.8. The highest BCUT2D eigenvalue weighted by atomic mass is 79.9. The molecule has 2 nitrogen and oxygen atoms in total. The molecule has 0 bridgehead atoms. The number of ether oxygens (including phenoxy) is 1. The first-order chi connectivity index (χ1) is 11.3. The van der Waals surface area contributed by atoms with Gasteiger partial charge in [0, 0.05) is 18.5 Å². The van der Waals surface area contributed by atoms with Crippen LogP contribution in [0.3, 0.4) is 0 Å². The fourth-order valence-corrected chi connectivity index (χ4v) is 3.39. The number of rotatable bonds is 19. The Morgan fingerprint density at radius 2 is 1.26 bits per heavy atom. The van der Waals surface area contributed by atoms with Crippen LogP contribution >= 0.6 is 15.9 Å². The summed E-state index contributed by atoms with van der Waals surface area (Å²) in [5.41, 5.74) is 0. The maximum absolute atomic E-state index is 8.75. The summed E-state index contributed by atoms with van der Waals surface area (Å²) in [6, 6.07) is 0. The van der Waals surface area contributed by atoms with Gasteiger partial charge in [0.2, 0.25) is 0 Å².